The first-order valence-electron chi connectivity index (χ1n) is 25.9. The number of ether oxygens (including phenoxy) is 3. The summed E-state index contributed by atoms with van der Waals surface area (Å²) in [5, 5.41) is 0. The van der Waals surface area contributed by atoms with Crippen molar-refractivity contribution in [3.05, 3.63) is 109 Å². The number of hydrogen-bond acceptors (Lipinski definition) is 6. The number of carbonyl (C=O) groups is 3. The minimum absolute atomic E-state index is 0.111. The summed E-state index contributed by atoms with van der Waals surface area (Å²) >= 11 is 0. The summed E-state index contributed by atoms with van der Waals surface area (Å²) in [4.78, 5) is 38.0. The lowest BCUT2D eigenvalue weighted by Gasteiger charge is -2.18. The Bertz CT molecular complexity index is 1340. The van der Waals surface area contributed by atoms with Gasteiger partial charge in [0, 0.05) is 19.3 Å². The summed E-state index contributed by atoms with van der Waals surface area (Å²) in [5.74, 6) is -0.995. The maximum absolute atomic E-state index is 12.8. The molecule has 6 heteroatoms. The Hall–Kier alpha value is -3.93. The fraction of sp³-hybridized carbons (Fsp3) is 0.638. The second-order valence-corrected chi connectivity index (χ2v) is 16.7. The molecule has 0 aromatic rings. The van der Waals surface area contributed by atoms with Crippen molar-refractivity contribution in [3.8, 4) is 0 Å². The van der Waals surface area contributed by atoms with Crippen LogP contribution in [0.5, 0.6) is 0 Å². The van der Waals surface area contributed by atoms with Gasteiger partial charge < -0.3 is 14.2 Å². The quantitative estimate of drug-likeness (QED) is 0.0262. The number of unbranched alkanes of at least 4 members (excludes halogenated alkanes) is 16. The number of allylic oxidation sites excluding steroid dienone is 18. The van der Waals surface area contributed by atoms with Gasteiger partial charge in [-0.3, -0.25) is 14.4 Å². The molecule has 0 aromatic heterocycles. The Morgan fingerprint density at radius 3 is 0.969 bits per heavy atom. The minimum atomic E-state index is -0.815. The fourth-order valence-corrected chi connectivity index (χ4v) is 6.65. The van der Waals surface area contributed by atoms with Gasteiger partial charge in [0.2, 0.25) is 0 Å². The second kappa shape index (κ2) is 51.7. The molecule has 362 valence electrons. The number of rotatable bonds is 45. The molecule has 0 rings (SSSR count). The largest absolute Gasteiger partial charge is 0.462 e. The molecule has 1 atom stereocenters. The predicted molar refractivity (Wildman–Crippen MR) is 274 cm³/mol. The molecule has 64 heavy (non-hydrogen) atoms. The topological polar surface area (TPSA) is 78.9 Å². The molecule has 0 fully saturated rings. The molecule has 0 saturated heterocycles. The summed E-state index contributed by atoms with van der Waals surface area (Å²) in [6, 6.07) is 0. The Morgan fingerprint density at radius 2 is 0.609 bits per heavy atom. The highest BCUT2D eigenvalue weighted by Crippen LogP contribution is 2.12. The zero-order valence-corrected chi connectivity index (χ0v) is 41.3. The van der Waals surface area contributed by atoms with Crippen molar-refractivity contribution >= 4 is 17.9 Å². The van der Waals surface area contributed by atoms with E-state index in [1.54, 1.807) is 0 Å². The molecule has 0 N–H and O–H groups in total. The maximum Gasteiger partial charge on any atom is 0.306 e. The van der Waals surface area contributed by atoms with Crippen LogP contribution in [0.3, 0.4) is 0 Å². The van der Waals surface area contributed by atoms with Crippen LogP contribution in [0.4, 0.5) is 0 Å². The van der Waals surface area contributed by atoms with Crippen molar-refractivity contribution in [2.75, 3.05) is 13.2 Å². The standard InChI is InChI=1S/C58H94O6/c1-4-7-10-13-16-19-22-25-28-30-33-36-39-42-45-48-51-57(60)63-54-55(53-62-56(59)50-47-44-41-38-35-32-27-24-21-18-15-12-9-6-3)64-58(61)52-49-46-43-40-37-34-31-29-26-23-20-17-14-11-8-5-2/h7-8,10-11,16-17,19-20,25-26,28-29,32-37,55H,4-6,9,12-15,18,21-24,27,30-31,38-54H2,1-3H3/b10-7-,11-8-,19-16-,20-17-,28-25-,29-26-,35-32-,36-33-,37-34-. The summed E-state index contributed by atoms with van der Waals surface area (Å²) in [7, 11) is 0. The van der Waals surface area contributed by atoms with Gasteiger partial charge >= 0.3 is 17.9 Å². The lowest BCUT2D eigenvalue weighted by atomic mass is 10.1. The first-order valence-corrected chi connectivity index (χ1v) is 25.9. The molecule has 0 aliphatic heterocycles. The molecule has 1 unspecified atom stereocenters. The van der Waals surface area contributed by atoms with Gasteiger partial charge in [-0.25, -0.2) is 0 Å². The van der Waals surface area contributed by atoms with Crippen molar-refractivity contribution in [3.63, 3.8) is 0 Å². The second-order valence-electron chi connectivity index (χ2n) is 16.7. The van der Waals surface area contributed by atoms with E-state index >= 15 is 0 Å². The van der Waals surface area contributed by atoms with Gasteiger partial charge in [0.25, 0.3) is 0 Å². The smallest absolute Gasteiger partial charge is 0.306 e. The zero-order chi connectivity index (χ0) is 46.5. The summed E-state index contributed by atoms with van der Waals surface area (Å²) in [5.41, 5.74) is 0. The van der Waals surface area contributed by atoms with Crippen LogP contribution in [0.25, 0.3) is 0 Å². The van der Waals surface area contributed by atoms with Crippen molar-refractivity contribution in [2.24, 2.45) is 0 Å². The van der Waals surface area contributed by atoms with E-state index in [2.05, 4.69) is 130 Å². The highest BCUT2D eigenvalue weighted by molar-refractivity contribution is 5.71. The number of hydrogen-bond donors (Lipinski definition) is 0. The Labute approximate surface area is 393 Å². The van der Waals surface area contributed by atoms with E-state index in [9.17, 15) is 14.4 Å². The third-order valence-corrected chi connectivity index (χ3v) is 10.5. The minimum Gasteiger partial charge on any atom is -0.462 e. The highest BCUT2D eigenvalue weighted by Gasteiger charge is 2.19. The van der Waals surface area contributed by atoms with Crippen molar-refractivity contribution in [1.29, 1.82) is 0 Å². The van der Waals surface area contributed by atoms with E-state index in [1.807, 2.05) is 0 Å². The van der Waals surface area contributed by atoms with Crippen molar-refractivity contribution in [2.45, 2.75) is 226 Å². The SMILES string of the molecule is CC/C=C\C/C=C\C/C=C\C/C=C\CCCCCC(=O)OCC(COC(=O)CCCCC/C=C\CCCCCCCCC)OC(=O)CCCCC/C=C\C/C=C\C/C=C\C/C=C\CC. The van der Waals surface area contributed by atoms with Gasteiger partial charge in [-0.1, -0.05) is 188 Å². The maximum atomic E-state index is 12.8. The number of esters is 3. The molecular formula is C58H94O6. The van der Waals surface area contributed by atoms with Gasteiger partial charge in [0.05, 0.1) is 0 Å². The van der Waals surface area contributed by atoms with E-state index < -0.39 is 6.10 Å². The molecule has 0 aliphatic rings. The summed E-state index contributed by atoms with van der Waals surface area (Å²) in [6.07, 6.45) is 69.3. The monoisotopic (exact) mass is 887 g/mol. The van der Waals surface area contributed by atoms with Crippen LogP contribution in [0, 0.1) is 0 Å². The Balaban J connectivity index is 4.54. The Kier molecular flexibility index (Phi) is 48.5. The van der Waals surface area contributed by atoms with E-state index in [-0.39, 0.29) is 37.5 Å². The first-order chi connectivity index (χ1) is 31.5. The van der Waals surface area contributed by atoms with Crippen LogP contribution in [-0.2, 0) is 28.6 Å². The summed E-state index contributed by atoms with van der Waals surface area (Å²) < 4.78 is 16.7. The van der Waals surface area contributed by atoms with Gasteiger partial charge in [-0.05, 0) is 122 Å². The number of carbonyl (C=O) groups excluding carboxylic acids is 3. The summed E-state index contributed by atoms with van der Waals surface area (Å²) in [6.45, 7) is 6.32. The third kappa shape index (κ3) is 49.1. The molecule has 0 aliphatic carbocycles. The van der Waals surface area contributed by atoms with Gasteiger partial charge in [0.1, 0.15) is 13.2 Å². The molecular weight excluding hydrogens is 793 g/mol. The molecule has 0 bridgehead atoms. The van der Waals surface area contributed by atoms with Crippen molar-refractivity contribution in [1.82, 2.24) is 0 Å². The van der Waals surface area contributed by atoms with Crippen LogP contribution < -0.4 is 0 Å². The van der Waals surface area contributed by atoms with E-state index in [1.165, 1.54) is 44.9 Å². The molecule has 0 amide bonds. The average molecular weight is 887 g/mol. The van der Waals surface area contributed by atoms with Gasteiger partial charge in [-0.15, -0.1) is 0 Å². The van der Waals surface area contributed by atoms with Crippen molar-refractivity contribution < 1.29 is 28.6 Å². The van der Waals surface area contributed by atoms with E-state index in [4.69, 9.17) is 14.2 Å². The molecule has 0 saturated carbocycles. The third-order valence-electron chi connectivity index (χ3n) is 10.5. The zero-order valence-electron chi connectivity index (χ0n) is 41.3. The van der Waals surface area contributed by atoms with Crippen LogP contribution in [0.1, 0.15) is 220 Å². The molecule has 6 nitrogen and oxygen atoms in total. The average Bonchev–Trinajstić information content (AvgIpc) is 3.29. The fourth-order valence-electron chi connectivity index (χ4n) is 6.65. The lowest BCUT2D eigenvalue weighted by Crippen LogP contribution is -2.30. The molecule has 0 heterocycles. The molecule has 0 aromatic carbocycles. The van der Waals surface area contributed by atoms with E-state index in [0.717, 1.165) is 128 Å². The van der Waals surface area contributed by atoms with Crippen LogP contribution in [-0.4, -0.2) is 37.2 Å². The normalized spacial score (nSPS) is 13.0. The molecule has 0 spiro atoms. The van der Waals surface area contributed by atoms with E-state index in [0.29, 0.717) is 19.3 Å². The van der Waals surface area contributed by atoms with Crippen LogP contribution in [0.2, 0.25) is 0 Å². The first kappa shape index (κ1) is 60.1. The van der Waals surface area contributed by atoms with Gasteiger partial charge in [-0.2, -0.15) is 0 Å². The predicted octanol–water partition coefficient (Wildman–Crippen LogP) is 17.1. The Morgan fingerprint density at radius 1 is 0.328 bits per heavy atom. The molecule has 0 radical (unpaired) electrons. The highest BCUT2D eigenvalue weighted by atomic mass is 16.6. The van der Waals surface area contributed by atoms with Gasteiger partial charge in [0.15, 0.2) is 6.10 Å². The lowest BCUT2D eigenvalue weighted by molar-refractivity contribution is -0.167. The van der Waals surface area contributed by atoms with Crippen LogP contribution in [0.15, 0.2) is 109 Å². The van der Waals surface area contributed by atoms with Crippen LogP contribution >= 0.6 is 0 Å².